The lowest BCUT2D eigenvalue weighted by Gasteiger charge is -2.17. The topological polar surface area (TPSA) is 101 Å². The zero-order valence-electron chi connectivity index (χ0n) is 11.7. The molecule has 21 heavy (non-hydrogen) atoms. The van der Waals surface area contributed by atoms with Crippen LogP contribution in [-0.2, 0) is 15.8 Å². The zero-order valence-corrected chi connectivity index (χ0v) is 12.5. The Kier molecular flexibility index (Phi) is 4.60. The van der Waals surface area contributed by atoms with Gasteiger partial charge >= 0.3 is 0 Å². The standard InChI is InChI=1S/C13H18N2O5S/c1-10(16)11-6-7-14(8-11)21(19,20)9-12-4-2-3-5-13(12)15(17)18/h2-5,10-11,16H,6-9H2,1H3. The number of benzene rings is 1. The van der Waals surface area contributed by atoms with Crippen molar-refractivity contribution in [3.8, 4) is 0 Å². The van der Waals surface area contributed by atoms with E-state index < -0.39 is 26.8 Å². The number of aliphatic hydroxyl groups excluding tert-OH is 1. The van der Waals surface area contributed by atoms with Crippen molar-refractivity contribution < 1.29 is 18.4 Å². The molecule has 1 heterocycles. The number of nitro benzene ring substituents is 1. The minimum absolute atomic E-state index is 0.0782. The van der Waals surface area contributed by atoms with E-state index in [2.05, 4.69) is 0 Å². The van der Waals surface area contributed by atoms with Gasteiger partial charge in [0.1, 0.15) is 0 Å². The molecule has 1 aromatic rings. The normalized spacial score (nSPS) is 21.3. The molecule has 0 radical (unpaired) electrons. The third-order valence-electron chi connectivity index (χ3n) is 3.79. The van der Waals surface area contributed by atoms with Gasteiger partial charge in [0.05, 0.1) is 16.8 Å². The number of rotatable bonds is 5. The predicted octanol–water partition coefficient (Wildman–Crippen LogP) is 1.13. The quantitative estimate of drug-likeness (QED) is 0.648. The Labute approximate surface area is 123 Å². The van der Waals surface area contributed by atoms with Gasteiger partial charge < -0.3 is 5.11 Å². The summed E-state index contributed by atoms with van der Waals surface area (Å²) in [6.45, 7) is 2.25. The third kappa shape index (κ3) is 3.58. The highest BCUT2D eigenvalue weighted by Gasteiger charge is 2.34. The molecule has 2 atom stereocenters. The summed E-state index contributed by atoms with van der Waals surface area (Å²) in [6, 6.07) is 5.85. The number of nitrogens with zero attached hydrogens (tertiary/aromatic N) is 2. The Morgan fingerprint density at radius 2 is 2.14 bits per heavy atom. The van der Waals surface area contributed by atoms with Crippen LogP contribution in [0, 0.1) is 16.0 Å². The average Bonchev–Trinajstić information content (AvgIpc) is 2.89. The SMILES string of the molecule is CC(O)C1CCN(S(=O)(=O)Cc2ccccc2[N+](=O)[O-])C1. The summed E-state index contributed by atoms with van der Waals surface area (Å²) in [5, 5.41) is 20.5. The number of hydrogen-bond acceptors (Lipinski definition) is 5. The molecule has 1 aromatic carbocycles. The van der Waals surface area contributed by atoms with Gasteiger partial charge in [0, 0.05) is 24.7 Å². The fraction of sp³-hybridized carbons (Fsp3) is 0.538. The van der Waals surface area contributed by atoms with Crippen LogP contribution in [0.5, 0.6) is 0 Å². The summed E-state index contributed by atoms with van der Waals surface area (Å²) >= 11 is 0. The van der Waals surface area contributed by atoms with Crippen molar-refractivity contribution >= 4 is 15.7 Å². The van der Waals surface area contributed by atoms with Crippen molar-refractivity contribution in [3.63, 3.8) is 0 Å². The van der Waals surface area contributed by atoms with Gasteiger partial charge in [0.25, 0.3) is 5.69 Å². The van der Waals surface area contributed by atoms with E-state index in [0.717, 1.165) is 0 Å². The number of aliphatic hydroxyl groups is 1. The van der Waals surface area contributed by atoms with Crippen molar-refractivity contribution in [2.24, 2.45) is 5.92 Å². The lowest BCUT2D eigenvalue weighted by Crippen LogP contribution is -2.31. The summed E-state index contributed by atoms with van der Waals surface area (Å²) in [5.41, 5.74) is -0.00431. The molecule has 2 rings (SSSR count). The molecule has 7 nitrogen and oxygen atoms in total. The maximum absolute atomic E-state index is 12.4. The molecule has 0 spiro atoms. The minimum Gasteiger partial charge on any atom is -0.393 e. The van der Waals surface area contributed by atoms with Crippen LogP contribution in [0.2, 0.25) is 0 Å². The van der Waals surface area contributed by atoms with E-state index in [1.807, 2.05) is 0 Å². The van der Waals surface area contributed by atoms with Crippen molar-refractivity contribution in [1.82, 2.24) is 4.31 Å². The maximum Gasteiger partial charge on any atom is 0.273 e. The Bertz CT molecular complexity index is 629. The molecule has 0 saturated carbocycles. The number of nitro groups is 1. The third-order valence-corrected chi connectivity index (χ3v) is 5.58. The van der Waals surface area contributed by atoms with Crippen LogP contribution in [-0.4, -0.2) is 41.9 Å². The molecule has 116 valence electrons. The van der Waals surface area contributed by atoms with E-state index in [1.165, 1.54) is 22.5 Å². The lowest BCUT2D eigenvalue weighted by molar-refractivity contribution is -0.385. The first-order valence-corrected chi connectivity index (χ1v) is 8.30. The van der Waals surface area contributed by atoms with E-state index in [-0.39, 0.29) is 23.7 Å². The van der Waals surface area contributed by atoms with E-state index in [1.54, 1.807) is 13.0 Å². The molecule has 1 saturated heterocycles. The highest BCUT2D eigenvalue weighted by molar-refractivity contribution is 7.88. The Morgan fingerprint density at radius 3 is 2.71 bits per heavy atom. The first-order valence-electron chi connectivity index (χ1n) is 6.69. The molecule has 0 aliphatic carbocycles. The molecule has 1 aliphatic heterocycles. The second-order valence-electron chi connectivity index (χ2n) is 5.29. The second-order valence-corrected chi connectivity index (χ2v) is 7.26. The van der Waals surface area contributed by atoms with Crippen molar-refractivity contribution in [2.75, 3.05) is 13.1 Å². The zero-order chi connectivity index (χ0) is 15.6. The van der Waals surface area contributed by atoms with Gasteiger partial charge in [-0.1, -0.05) is 18.2 Å². The number of hydrogen-bond donors (Lipinski definition) is 1. The molecule has 1 aliphatic rings. The molecule has 0 bridgehead atoms. The van der Waals surface area contributed by atoms with Crippen molar-refractivity contribution in [3.05, 3.63) is 39.9 Å². The monoisotopic (exact) mass is 314 g/mol. The molecule has 2 unspecified atom stereocenters. The van der Waals surface area contributed by atoms with Gasteiger partial charge in [0.2, 0.25) is 10.0 Å². The van der Waals surface area contributed by atoms with Gasteiger partial charge in [-0.3, -0.25) is 10.1 Å². The number of para-hydroxylation sites is 1. The van der Waals surface area contributed by atoms with Crippen LogP contribution in [0.1, 0.15) is 18.9 Å². The van der Waals surface area contributed by atoms with Crippen LogP contribution in [0.25, 0.3) is 0 Å². The first-order chi connectivity index (χ1) is 9.81. The fourth-order valence-electron chi connectivity index (χ4n) is 2.50. The highest BCUT2D eigenvalue weighted by atomic mass is 32.2. The fourth-order valence-corrected chi connectivity index (χ4v) is 4.12. The molecular formula is C13H18N2O5S. The Balaban J connectivity index is 2.18. The van der Waals surface area contributed by atoms with Crippen LogP contribution in [0.15, 0.2) is 24.3 Å². The highest BCUT2D eigenvalue weighted by Crippen LogP contribution is 2.26. The van der Waals surface area contributed by atoms with E-state index in [9.17, 15) is 23.6 Å². The summed E-state index contributed by atoms with van der Waals surface area (Å²) in [5.74, 6) is -0.470. The van der Waals surface area contributed by atoms with Crippen LogP contribution in [0.3, 0.4) is 0 Å². The molecular weight excluding hydrogens is 296 g/mol. The average molecular weight is 314 g/mol. The van der Waals surface area contributed by atoms with Gasteiger partial charge in [-0.05, 0) is 19.3 Å². The lowest BCUT2D eigenvalue weighted by atomic mass is 10.0. The summed E-state index contributed by atoms with van der Waals surface area (Å²) in [4.78, 5) is 10.4. The predicted molar refractivity (Wildman–Crippen MR) is 77.1 cm³/mol. The number of sulfonamides is 1. The smallest absolute Gasteiger partial charge is 0.273 e. The Hall–Kier alpha value is -1.51. The van der Waals surface area contributed by atoms with Gasteiger partial charge in [-0.2, -0.15) is 0 Å². The second kappa shape index (κ2) is 6.08. The first kappa shape index (κ1) is 15.9. The largest absolute Gasteiger partial charge is 0.393 e. The van der Waals surface area contributed by atoms with E-state index in [0.29, 0.717) is 13.0 Å². The van der Waals surface area contributed by atoms with Crippen LogP contribution >= 0.6 is 0 Å². The minimum atomic E-state index is -3.62. The Morgan fingerprint density at radius 1 is 1.48 bits per heavy atom. The molecule has 1 N–H and O–H groups in total. The molecule has 0 amide bonds. The van der Waals surface area contributed by atoms with Gasteiger partial charge in [-0.25, -0.2) is 12.7 Å². The van der Waals surface area contributed by atoms with E-state index >= 15 is 0 Å². The van der Waals surface area contributed by atoms with Gasteiger partial charge in [-0.15, -0.1) is 0 Å². The van der Waals surface area contributed by atoms with Crippen molar-refractivity contribution in [2.45, 2.75) is 25.2 Å². The van der Waals surface area contributed by atoms with Crippen LogP contribution < -0.4 is 0 Å². The van der Waals surface area contributed by atoms with Gasteiger partial charge in [0.15, 0.2) is 0 Å². The molecule has 1 fully saturated rings. The van der Waals surface area contributed by atoms with E-state index in [4.69, 9.17) is 0 Å². The van der Waals surface area contributed by atoms with Crippen molar-refractivity contribution in [1.29, 1.82) is 0 Å². The summed E-state index contributed by atoms with van der Waals surface area (Å²) in [6.07, 6.45) is 0.0459. The molecule has 0 aromatic heterocycles. The van der Waals surface area contributed by atoms with Crippen LogP contribution in [0.4, 0.5) is 5.69 Å². The maximum atomic E-state index is 12.4. The summed E-state index contributed by atoms with van der Waals surface area (Å²) in [7, 11) is -3.62. The molecule has 8 heteroatoms. The summed E-state index contributed by atoms with van der Waals surface area (Å²) < 4.78 is 26.0.